The molecular formula is C11H21NO5S. The topological polar surface area (TPSA) is 73.9 Å². The Balaban J connectivity index is 3.50. The maximum absolute atomic E-state index is 11.3. The zero-order valence-electron chi connectivity index (χ0n) is 11.1. The molecule has 0 spiro atoms. The van der Waals surface area contributed by atoms with Crippen LogP contribution in [0, 0.1) is 0 Å². The van der Waals surface area contributed by atoms with Crippen molar-refractivity contribution in [3.8, 4) is 0 Å². The predicted molar refractivity (Wildman–Crippen MR) is 70.0 cm³/mol. The number of carbonyl (C=O) groups is 2. The molecule has 0 aromatic carbocycles. The Kier molecular flexibility index (Phi) is 11.1. The molecule has 0 heterocycles. The second-order valence-corrected chi connectivity index (χ2v) is 4.42. The van der Waals surface area contributed by atoms with E-state index in [2.05, 4.69) is 5.32 Å². The first kappa shape index (κ1) is 17.4. The van der Waals surface area contributed by atoms with Gasteiger partial charge in [0.1, 0.15) is 12.4 Å². The third-order valence-electron chi connectivity index (χ3n) is 2.09. The minimum atomic E-state index is -0.396. The molecule has 0 fully saturated rings. The number of hydrogen-bond donors (Lipinski definition) is 1. The molecule has 0 aromatic heterocycles. The molecule has 7 heteroatoms. The second kappa shape index (κ2) is 11.5. The minimum absolute atomic E-state index is 0.000647. The summed E-state index contributed by atoms with van der Waals surface area (Å²) in [5, 5.41) is 2.43. The number of ether oxygens (including phenoxy) is 3. The van der Waals surface area contributed by atoms with E-state index in [0.29, 0.717) is 25.6 Å². The van der Waals surface area contributed by atoms with Crippen molar-refractivity contribution in [2.75, 3.05) is 46.3 Å². The molecule has 0 bridgehead atoms. The van der Waals surface area contributed by atoms with E-state index in [0.717, 1.165) is 11.8 Å². The minimum Gasteiger partial charge on any atom is -0.455 e. The van der Waals surface area contributed by atoms with Crippen LogP contribution in [0.25, 0.3) is 0 Å². The number of carbonyl (C=O) groups excluding carboxylic acids is 2. The van der Waals surface area contributed by atoms with Crippen LogP contribution in [0.15, 0.2) is 0 Å². The van der Waals surface area contributed by atoms with Gasteiger partial charge in [0.05, 0.1) is 25.9 Å². The summed E-state index contributed by atoms with van der Waals surface area (Å²) in [7, 11) is 3.27. The van der Waals surface area contributed by atoms with Gasteiger partial charge in [0, 0.05) is 12.9 Å². The Bertz CT molecular complexity index is 250. The Hall–Kier alpha value is -0.630. The average Bonchev–Trinajstić information content (AvgIpc) is 2.34. The molecule has 18 heavy (non-hydrogen) atoms. The maximum atomic E-state index is 11.3. The molecule has 0 saturated heterocycles. The molecule has 6 nitrogen and oxygen atoms in total. The van der Waals surface area contributed by atoms with Crippen LogP contribution in [0.4, 0.5) is 4.79 Å². The summed E-state index contributed by atoms with van der Waals surface area (Å²) in [5.41, 5.74) is 0. The van der Waals surface area contributed by atoms with Crippen LogP contribution in [-0.2, 0) is 19.0 Å². The Morgan fingerprint density at radius 3 is 2.44 bits per heavy atom. The highest BCUT2D eigenvalue weighted by atomic mass is 32.2. The number of Topliss-reactive ketones (excluding diaryl/α,β-unsaturated/α-hetero) is 1. The summed E-state index contributed by atoms with van der Waals surface area (Å²) in [5.74, 6) is 0.371. The van der Waals surface area contributed by atoms with Crippen LogP contribution in [0.5, 0.6) is 0 Å². The van der Waals surface area contributed by atoms with E-state index < -0.39 is 5.30 Å². The molecule has 0 unspecified atom stereocenters. The van der Waals surface area contributed by atoms with Crippen molar-refractivity contribution >= 4 is 22.8 Å². The fourth-order valence-electron chi connectivity index (χ4n) is 1.03. The molecule has 0 aliphatic heterocycles. The van der Waals surface area contributed by atoms with Gasteiger partial charge in [0.25, 0.3) is 0 Å². The monoisotopic (exact) mass is 279 g/mol. The first-order valence-corrected chi connectivity index (χ1v) is 6.64. The van der Waals surface area contributed by atoms with Crippen LogP contribution in [-0.4, -0.2) is 63.5 Å². The summed E-state index contributed by atoms with van der Waals surface area (Å²) < 4.78 is 14.8. The highest BCUT2D eigenvalue weighted by molar-refractivity contribution is 8.13. The highest BCUT2D eigenvalue weighted by Gasteiger charge is 2.14. The molecule has 0 aliphatic rings. The van der Waals surface area contributed by atoms with Crippen molar-refractivity contribution in [1.82, 2.24) is 5.32 Å². The van der Waals surface area contributed by atoms with Gasteiger partial charge in [-0.25, -0.2) is 4.79 Å². The largest absolute Gasteiger partial charge is 0.455 e. The summed E-state index contributed by atoms with van der Waals surface area (Å²) in [6.45, 7) is 3.03. The van der Waals surface area contributed by atoms with Crippen molar-refractivity contribution in [2.24, 2.45) is 0 Å². The van der Waals surface area contributed by atoms with Gasteiger partial charge in [-0.1, -0.05) is 0 Å². The number of thioether (sulfide) groups is 1. The molecule has 0 aliphatic carbocycles. The van der Waals surface area contributed by atoms with Crippen LogP contribution in [0.3, 0.4) is 0 Å². The first-order valence-electron chi connectivity index (χ1n) is 5.65. The van der Waals surface area contributed by atoms with Crippen LogP contribution in [0.1, 0.15) is 6.92 Å². The molecule has 0 saturated carbocycles. The highest BCUT2D eigenvalue weighted by Crippen LogP contribution is 2.07. The normalized spacial score (nSPS) is 12.2. The Labute approximate surface area is 112 Å². The zero-order chi connectivity index (χ0) is 13.8. The van der Waals surface area contributed by atoms with Gasteiger partial charge in [-0.05, 0) is 25.7 Å². The van der Waals surface area contributed by atoms with Crippen molar-refractivity contribution in [1.29, 1.82) is 0 Å². The van der Waals surface area contributed by atoms with Crippen LogP contribution >= 0.6 is 11.8 Å². The van der Waals surface area contributed by atoms with Crippen LogP contribution in [0.2, 0.25) is 0 Å². The van der Waals surface area contributed by atoms with Gasteiger partial charge in [0.15, 0.2) is 0 Å². The lowest BCUT2D eigenvalue weighted by molar-refractivity contribution is -0.118. The van der Waals surface area contributed by atoms with Crippen molar-refractivity contribution in [3.05, 3.63) is 0 Å². The molecule has 1 N–H and O–H groups in total. The third-order valence-corrected chi connectivity index (χ3v) is 2.94. The Morgan fingerprint density at radius 1 is 1.22 bits per heavy atom. The van der Waals surface area contributed by atoms with Gasteiger partial charge in [-0.2, -0.15) is 0 Å². The maximum Gasteiger partial charge on any atom is 0.367 e. The standard InChI is InChI=1S/C11H21NO5S/c1-9(13)10(12-2)8-18-11(14)17-7-6-16-5-4-15-3/h10,12H,4-8H2,1-3H3/t10-/m0/s1. The van der Waals surface area contributed by atoms with E-state index in [1.807, 2.05) is 0 Å². The van der Waals surface area contributed by atoms with E-state index in [9.17, 15) is 9.59 Å². The van der Waals surface area contributed by atoms with Gasteiger partial charge >= 0.3 is 5.30 Å². The van der Waals surface area contributed by atoms with E-state index in [1.54, 1.807) is 14.2 Å². The van der Waals surface area contributed by atoms with E-state index in [1.165, 1.54) is 6.92 Å². The van der Waals surface area contributed by atoms with Gasteiger partial charge in [-0.15, -0.1) is 0 Å². The summed E-state index contributed by atoms with van der Waals surface area (Å²) in [4.78, 5) is 22.4. The molecule has 0 aromatic rings. The van der Waals surface area contributed by atoms with E-state index in [-0.39, 0.29) is 18.4 Å². The van der Waals surface area contributed by atoms with Crippen molar-refractivity contribution in [2.45, 2.75) is 13.0 Å². The fourth-order valence-corrected chi connectivity index (χ4v) is 1.90. The number of ketones is 1. The molecule has 106 valence electrons. The quantitative estimate of drug-likeness (QED) is 0.466. The molecule has 0 radical (unpaired) electrons. The Morgan fingerprint density at radius 2 is 1.89 bits per heavy atom. The third kappa shape index (κ3) is 9.41. The number of nitrogens with one attached hydrogen (secondary N) is 1. The van der Waals surface area contributed by atoms with E-state index in [4.69, 9.17) is 14.2 Å². The number of likely N-dealkylation sites (N-methyl/N-ethyl adjacent to an activating group) is 1. The summed E-state index contributed by atoms with van der Waals surface area (Å²) in [6.07, 6.45) is 0. The molecule has 0 amide bonds. The van der Waals surface area contributed by atoms with Gasteiger partial charge in [0.2, 0.25) is 0 Å². The lowest BCUT2D eigenvalue weighted by Crippen LogP contribution is -2.35. The van der Waals surface area contributed by atoms with Gasteiger partial charge in [-0.3, -0.25) is 4.79 Å². The number of hydrogen-bond acceptors (Lipinski definition) is 7. The zero-order valence-corrected chi connectivity index (χ0v) is 11.9. The number of methoxy groups -OCH3 is 1. The summed E-state index contributed by atoms with van der Waals surface area (Å²) >= 11 is 0.981. The fraction of sp³-hybridized carbons (Fsp3) is 0.818. The summed E-state index contributed by atoms with van der Waals surface area (Å²) in [6, 6.07) is -0.319. The average molecular weight is 279 g/mol. The lowest BCUT2D eigenvalue weighted by atomic mass is 10.2. The molecule has 0 rings (SSSR count). The predicted octanol–water partition coefficient (Wildman–Crippen LogP) is 0.696. The van der Waals surface area contributed by atoms with Gasteiger partial charge < -0.3 is 19.5 Å². The number of rotatable bonds is 10. The smallest absolute Gasteiger partial charge is 0.367 e. The van der Waals surface area contributed by atoms with E-state index >= 15 is 0 Å². The SMILES string of the molecule is CN[C@@H](CSC(=O)OCCOCCOC)C(C)=O. The van der Waals surface area contributed by atoms with Crippen molar-refractivity contribution in [3.63, 3.8) is 0 Å². The molecular weight excluding hydrogens is 258 g/mol. The lowest BCUT2D eigenvalue weighted by Gasteiger charge is -2.11. The van der Waals surface area contributed by atoms with Crippen LogP contribution < -0.4 is 5.32 Å². The first-order chi connectivity index (χ1) is 8.61. The van der Waals surface area contributed by atoms with Crippen molar-refractivity contribution < 1.29 is 23.8 Å². The molecule has 1 atom stereocenters. The second-order valence-electron chi connectivity index (χ2n) is 3.47.